The number of hydrogen-bond acceptors (Lipinski definition) is 4. The van der Waals surface area contributed by atoms with Gasteiger partial charge in [-0.3, -0.25) is 19.6 Å². The maximum absolute atomic E-state index is 13.1. The number of carbonyl (C=O) groups excluding carboxylic acids is 1. The zero-order valence-corrected chi connectivity index (χ0v) is 13.9. The highest BCUT2D eigenvalue weighted by molar-refractivity contribution is 5.87. The van der Waals surface area contributed by atoms with E-state index in [9.17, 15) is 14.7 Å². The third kappa shape index (κ3) is 2.86. The Morgan fingerprint density at radius 1 is 1.12 bits per heavy atom. The van der Waals surface area contributed by atoms with Crippen LogP contribution < -0.4 is 0 Å². The van der Waals surface area contributed by atoms with Crippen LogP contribution in [0.1, 0.15) is 25.0 Å². The van der Waals surface area contributed by atoms with E-state index in [0.29, 0.717) is 13.1 Å². The van der Waals surface area contributed by atoms with Crippen LogP contribution in [0.2, 0.25) is 0 Å². The van der Waals surface area contributed by atoms with Crippen molar-refractivity contribution in [2.45, 2.75) is 19.3 Å². The number of nitrogens with zero attached hydrogens (tertiary/aromatic N) is 3. The molecule has 1 aromatic heterocycles. The van der Waals surface area contributed by atoms with Gasteiger partial charge in [-0.25, -0.2) is 0 Å². The molecule has 2 unspecified atom stereocenters. The van der Waals surface area contributed by atoms with Crippen LogP contribution in [0, 0.1) is 23.7 Å². The van der Waals surface area contributed by atoms with Gasteiger partial charge in [-0.05, 0) is 36.7 Å². The molecule has 130 valence electrons. The van der Waals surface area contributed by atoms with E-state index in [0.717, 1.165) is 30.5 Å². The second-order valence-corrected chi connectivity index (χ2v) is 7.03. The minimum Gasteiger partial charge on any atom is -0.481 e. The number of carboxylic acids is 1. The first-order chi connectivity index (χ1) is 12.1. The van der Waals surface area contributed by atoms with Crippen LogP contribution in [0.5, 0.6) is 0 Å². The van der Waals surface area contributed by atoms with E-state index in [1.54, 1.807) is 23.5 Å². The van der Waals surface area contributed by atoms with Crippen molar-refractivity contribution in [1.29, 1.82) is 0 Å². The second-order valence-electron chi connectivity index (χ2n) is 7.03. The summed E-state index contributed by atoms with van der Waals surface area (Å²) in [4.78, 5) is 35.0. The first-order valence-corrected chi connectivity index (χ1v) is 8.80. The molecular formula is C19H21N3O3. The SMILES string of the molecule is O=C(O)[C@H]1C2C=CC(CC2)[C@H]1C(=O)N1CC=C(c2cnccn2)CC1. The van der Waals surface area contributed by atoms with Crippen LogP contribution in [0.15, 0.2) is 36.8 Å². The number of aromatic nitrogens is 2. The Morgan fingerprint density at radius 3 is 2.44 bits per heavy atom. The van der Waals surface area contributed by atoms with E-state index < -0.39 is 17.8 Å². The Kier molecular flexibility index (Phi) is 4.11. The third-order valence-corrected chi connectivity index (χ3v) is 5.73. The average Bonchev–Trinajstić information content (AvgIpc) is 2.68. The highest BCUT2D eigenvalue weighted by Gasteiger charge is 2.49. The lowest BCUT2D eigenvalue weighted by Gasteiger charge is -2.44. The number of carboxylic acid groups (broad SMARTS) is 1. The summed E-state index contributed by atoms with van der Waals surface area (Å²) in [6, 6.07) is 0. The van der Waals surface area contributed by atoms with Crippen LogP contribution >= 0.6 is 0 Å². The fourth-order valence-corrected chi connectivity index (χ4v) is 4.45. The Hall–Kier alpha value is -2.50. The van der Waals surface area contributed by atoms with Crippen molar-refractivity contribution < 1.29 is 14.7 Å². The number of hydrogen-bond donors (Lipinski definition) is 1. The van der Waals surface area contributed by atoms with E-state index in [-0.39, 0.29) is 17.7 Å². The van der Waals surface area contributed by atoms with Crippen molar-refractivity contribution in [3.8, 4) is 0 Å². The van der Waals surface area contributed by atoms with Crippen LogP contribution in [-0.4, -0.2) is 44.9 Å². The zero-order chi connectivity index (χ0) is 17.4. The van der Waals surface area contributed by atoms with Crippen LogP contribution in [0.4, 0.5) is 0 Å². The van der Waals surface area contributed by atoms with Gasteiger partial charge in [0.2, 0.25) is 5.91 Å². The lowest BCUT2D eigenvalue weighted by atomic mass is 9.62. The van der Waals surface area contributed by atoms with Gasteiger partial charge in [0.05, 0.1) is 23.7 Å². The van der Waals surface area contributed by atoms with E-state index in [2.05, 4.69) is 16.0 Å². The topological polar surface area (TPSA) is 83.4 Å². The van der Waals surface area contributed by atoms with Crippen molar-refractivity contribution in [1.82, 2.24) is 14.9 Å². The van der Waals surface area contributed by atoms with Gasteiger partial charge in [-0.1, -0.05) is 18.2 Å². The van der Waals surface area contributed by atoms with Gasteiger partial charge in [0, 0.05) is 25.5 Å². The largest absolute Gasteiger partial charge is 0.481 e. The van der Waals surface area contributed by atoms with E-state index in [1.165, 1.54) is 0 Å². The quantitative estimate of drug-likeness (QED) is 0.852. The van der Waals surface area contributed by atoms with Crippen molar-refractivity contribution in [2.75, 3.05) is 13.1 Å². The Labute approximate surface area is 146 Å². The van der Waals surface area contributed by atoms with Crippen molar-refractivity contribution >= 4 is 17.4 Å². The Balaban J connectivity index is 1.51. The average molecular weight is 339 g/mol. The van der Waals surface area contributed by atoms with Gasteiger partial charge in [0.25, 0.3) is 0 Å². The molecule has 3 aliphatic carbocycles. The smallest absolute Gasteiger partial charge is 0.307 e. The standard InChI is InChI=1S/C19H21N3O3/c23-18(16-13-1-3-14(4-2-13)17(16)19(24)25)22-9-5-12(6-10-22)15-11-20-7-8-21-15/h1,3,5,7-8,11,13-14,16-17H,2,4,6,9-10H2,(H,24,25)/t13?,14?,16-,17+/m1/s1. The maximum atomic E-state index is 13.1. The lowest BCUT2D eigenvalue weighted by molar-refractivity contribution is -0.156. The van der Waals surface area contributed by atoms with Gasteiger partial charge in [-0.15, -0.1) is 0 Å². The fourth-order valence-electron chi connectivity index (χ4n) is 4.45. The van der Waals surface area contributed by atoms with Gasteiger partial charge < -0.3 is 10.0 Å². The van der Waals surface area contributed by atoms with E-state index >= 15 is 0 Å². The highest BCUT2D eigenvalue weighted by Crippen LogP contribution is 2.45. The minimum atomic E-state index is -0.842. The van der Waals surface area contributed by atoms with Crippen molar-refractivity contribution in [2.24, 2.45) is 23.7 Å². The molecular weight excluding hydrogens is 318 g/mol. The minimum absolute atomic E-state index is 0.00747. The zero-order valence-electron chi connectivity index (χ0n) is 13.9. The molecule has 6 nitrogen and oxygen atoms in total. The predicted octanol–water partition coefficient (Wildman–Crippen LogP) is 2.01. The first-order valence-electron chi connectivity index (χ1n) is 8.80. The molecule has 1 saturated carbocycles. The molecule has 0 radical (unpaired) electrons. The molecule has 1 aromatic rings. The summed E-state index contributed by atoms with van der Waals surface area (Å²) < 4.78 is 0. The van der Waals surface area contributed by atoms with Gasteiger partial charge in [-0.2, -0.15) is 0 Å². The van der Waals surface area contributed by atoms with Crippen LogP contribution in [-0.2, 0) is 9.59 Å². The molecule has 0 saturated heterocycles. The van der Waals surface area contributed by atoms with Crippen LogP contribution in [0.3, 0.4) is 0 Å². The summed E-state index contributed by atoms with van der Waals surface area (Å²) >= 11 is 0. The molecule has 1 fully saturated rings. The molecule has 6 heteroatoms. The monoisotopic (exact) mass is 339 g/mol. The van der Waals surface area contributed by atoms with Gasteiger partial charge in [0.1, 0.15) is 0 Å². The molecule has 1 aliphatic heterocycles. The first kappa shape index (κ1) is 16.0. The second kappa shape index (κ2) is 6.43. The number of carbonyl (C=O) groups is 2. The molecule has 2 heterocycles. The Bertz CT molecular complexity index is 744. The molecule has 1 N–H and O–H groups in total. The number of rotatable bonds is 3. The molecule has 1 amide bonds. The summed E-state index contributed by atoms with van der Waals surface area (Å²) in [5.41, 5.74) is 1.94. The predicted molar refractivity (Wildman–Crippen MR) is 91.2 cm³/mol. The van der Waals surface area contributed by atoms with E-state index in [4.69, 9.17) is 0 Å². The highest BCUT2D eigenvalue weighted by atomic mass is 16.4. The van der Waals surface area contributed by atoms with Gasteiger partial charge >= 0.3 is 5.97 Å². The normalized spacial score (nSPS) is 30.9. The summed E-state index contributed by atoms with van der Waals surface area (Å²) in [6.45, 7) is 1.11. The summed E-state index contributed by atoms with van der Waals surface area (Å²) in [6.07, 6.45) is 13.6. The lowest BCUT2D eigenvalue weighted by Crippen LogP contribution is -2.51. The molecule has 5 rings (SSSR count). The molecule has 0 aromatic carbocycles. The molecule has 4 aliphatic rings. The fraction of sp³-hybridized carbons (Fsp3) is 0.474. The Morgan fingerprint density at radius 2 is 1.88 bits per heavy atom. The van der Waals surface area contributed by atoms with E-state index in [1.807, 2.05) is 12.2 Å². The van der Waals surface area contributed by atoms with Crippen molar-refractivity contribution in [3.05, 3.63) is 42.5 Å². The van der Waals surface area contributed by atoms with Crippen molar-refractivity contribution in [3.63, 3.8) is 0 Å². The molecule has 25 heavy (non-hydrogen) atoms. The number of aliphatic carboxylic acids is 1. The van der Waals surface area contributed by atoms with Gasteiger partial charge in [0.15, 0.2) is 0 Å². The number of fused-ring (bicyclic) bond motifs is 2. The third-order valence-electron chi connectivity index (χ3n) is 5.73. The van der Waals surface area contributed by atoms with Crippen LogP contribution in [0.25, 0.3) is 5.57 Å². The molecule has 0 spiro atoms. The number of allylic oxidation sites excluding steroid dienone is 2. The summed E-state index contributed by atoms with van der Waals surface area (Å²) in [5, 5.41) is 9.64. The molecule has 2 bridgehead atoms. The summed E-state index contributed by atoms with van der Waals surface area (Å²) in [7, 11) is 0. The maximum Gasteiger partial charge on any atom is 0.307 e. The summed E-state index contributed by atoms with van der Waals surface area (Å²) in [5.74, 6) is -1.81. The molecule has 4 atom stereocenters. The number of amides is 1.